The summed E-state index contributed by atoms with van der Waals surface area (Å²) < 4.78 is 0. The first-order valence-corrected chi connectivity index (χ1v) is 3.08. The molecule has 2 N–H and O–H groups in total. The normalized spacial score (nSPS) is 7.17. The molecule has 0 saturated carbocycles. The molecule has 5 heteroatoms. The van der Waals surface area contributed by atoms with E-state index in [-0.39, 0.29) is 7.69 Å². The van der Waals surface area contributed by atoms with Gasteiger partial charge in [0.25, 0.3) is 0 Å². The van der Waals surface area contributed by atoms with Gasteiger partial charge in [-0.1, -0.05) is 18.2 Å². The molecule has 0 atom stereocenters. The number of para-hydroxylation sites is 1. The second-order valence-corrected chi connectivity index (χ2v) is 1.65. The molecule has 0 fully saturated rings. The number of benzene rings is 1. The number of carbonyl (C=O) groups excluding carboxylic acids is 1. The maximum atomic E-state index is 9.68. The topological polar surface area (TPSA) is 69.9 Å². The smallest absolute Gasteiger partial charge is 0.429 e. The van der Waals surface area contributed by atoms with Gasteiger partial charge in [-0.3, -0.25) is 0 Å². The summed E-state index contributed by atoms with van der Waals surface area (Å²) in [6, 6.07) is 8.98. The number of isocyanates is 1. The standard InChI is InChI=1S/C7H5NO.BH2O2/c9-6-8-7-4-2-1-3-5-7;2-1-3/h1-5H;2-3H. The highest BCUT2D eigenvalue weighted by molar-refractivity contribution is 6.13. The summed E-state index contributed by atoms with van der Waals surface area (Å²) in [4.78, 5) is 13.1. The van der Waals surface area contributed by atoms with E-state index in [0.29, 0.717) is 5.69 Å². The highest BCUT2D eigenvalue weighted by atomic mass is 16.4. The van der Waals surface area contributed by atoms with E-state index in [9.17, 15) is 4.79 Å². The minimum atomic E-state index is 0. The van der Waals surface area contributed by atoms with E-state index in [1.807, 2.05) is 18.2 Å². The molecule has 0 aliphatic carbocycles. The van der Waals surface area contributed by atoms with E-state index in [1.165, 1.54) is 6.08 Å². The minimum Gasteiger partial charge on any atom is -0.429 e. The van der Waals surface area contributed by atoms with Gasteiger partial charge in [-0.2, -0.15) is 4.99 Å². The summed E-state index contributed by atoms with van der Waals surface area (Å²) >= 11 is 0. The molecule has 0 aromatic heterocycles. The Morgan fingerprint density at radius 1 is 1.25 bits per heavy atom. The lowest BCUT2D eigenvalue weighted by Crippen LogP contribution is -1.75. The highest BCUT2D eigenvalue weighted by Gasteiger charge is 1.79. The van der Waals surface area contributed by atoms with E-state index in [0.717, 1.165) is 0 Å². The van der Waals surface area contributed by atoms with E-state index in [2.05, 4.69) is 4.99 Å². The number of hydrogen-bond donors (Lipinski definition) is 2. The second kappa shape index (κ2) is 7.69. The fourth-order valence-electron chi connectivity index (χ4n) is 0.555. The molecule has 4 nitrogen and oxygen atoms in total. The Bertz CT molecular complexity index is 246. The first kappa shape index (κ1) is 10.6. The molecule has 0 saturated heterocycles. The van der Waals surface area contributed by atoms with Gasteiger partial charge in [-0.05, 0) is 12.1 Å². The Hall–Kier alpha value is -1.42. The lowest BCUT2D eigenvalue weighted by atomic mass is 10.3. The molecule has 0 unspecified atom stereocenters. The molecule has 1 aromatic carbocycles. The Balaban J connectivity index is 0.000000354. The number of rotatable bonds is 1. The van der Waals surface area contributed by atoms with Crippen molar-refractivity contribution < 1.29 is 14.8 Å². The predicted molar refractivity (Wildman–Crippen MR) is 44.4 cm³/mol. The van der Waals surface area contributed by atoms with Gasteiger partial charge in [0.15, 0.2) is 0 Å². The van der Waals surface area contributed by atoms with Crippen molar-refractivity contribution >= 4 is 19.5 Å². The SMILES string of the molecule is O=C=Nc1ccccc1.O[B]O. The molecule has 1 aromatic rings. The van der Waals surface area contributed by atoms with Crippen LogP contribution in [-0.2, 0) is 4.79 Å². The quantitative estimate of drug-likeness (QED) is 0.352. The monoisotopic (exact) mass is 164 g/mol. The van der Waals surface area contributed by atoms with Crippen molar-refractivity contribution in [1.29, 1.82) is 0 Å². The summed E-state index contributed by atoms with van der Waals surface area (Å²) in [5.41, 5.74) is 0.646. The second-order valence-electron chi connectivity index (χ2n) is 1.65. The maximum Gasteiger partial charge on any atom is 0.482 e. The lowest BCUT2D eigenvalue weighted by Gasteiger charge is -1.83. The van der Waals surface area contributed by atoms with Crippen molar-refractivity contribution in [3.05, 3.63) is 30.3 Å². The van der Waals surface area contributed by atoms with E-state index in [1.54, 1.807) is 12.1 Å². The summed E-state index contributed by atoms with van der Waals surface area (Å²) in [6.45, 7) is 0. The average molecular weight is 164 g/mol. The van der Waals surface area contributed by atoms with Crippen LogP contribution in [0.15, 0.2) is 35.3 Å². The molecular formula is C7H7BNO3. The molecule has 0 aliphatic rings. The molecule has 0 spiro atoms. The zero-order valence-corrected chi connectivity index (χ0v) is 6.21. The molecule has 12 heavy (non-hydrogen) atoms. The van der Waals surface area contributed by atoms with Crippen LogP contribution in [0, 0.1) is 0 Å². The molecule has 0 heterocycles. The summed E-state index contributed by atoms with van der Waals surface area (Å²) in [5.74, 6) is 0. The molecule has 1 radical (unpaired) electrons. The molecule has 0 aliphatic heterocycles. The van der Waals surface area contributed by atoms with Gasteiger partial charge in [-0.15, -0.1) is 0 Å². The fourth-order valence-corrected chi connectivity index (χ4v) is 0.555. The molecular weight excluding hydrogens is 157 g/mol. The largest absolute Gasteiger partial charge is 0.482 e. The average Bonchev–Trinajstić information content (AvgIpc) is 2.08. The number of nitrogens with zero attached hydrogens (tertiary/aromatic N) is 1. The summed E-state index contributed by atoms with van der Waals surface area (Å²) in [5, 5.41) is 14.0. The third kappa shape index (κ3) is 5.38. The Morgan fingerprint density at radius 3 is 2.17 bits per heavy atom. The van der Waals surface area contributed by atoms with Crippen LogP contribution in [0.5, 0.6) is 0 Å². The van der Waals surface area contributed by atoms with Crippen molar-refractivity contribution in [2.75, 3.05) is 0 Å². The highest BCUT2D eigenvalue weighted by Crippen LogP contribution is 2.06. The van der Waals surface area contributed by atoms with E-state index < -0.39 is 0 Å². The van der Waals surface area contributed by atoms with Gasteiger partial charge < -0.3 is 10.0 Å². The lowest BCUT2D eigenvalue weighted by molar-refractivity contribution is 0.448. The van der Waals surface area contributed by atoms with Crippen molar-refractivity contribution in [1.82, 2.24) is 0 Å². The van der Waals surface area contributed by atoms with Crippen molar-refractivity contribution in [3.63, 3.8) is 0 Å². The van der Waals surface area contributed by atoms with Crippen LogP contribution in [-0.4, -0.2) is 23.8 Å². The molecule has 1 rings (SSSR count). The van der Waals surface area contributed by atoms with Gasteiger partial charge in [0.05, 0.1) is 5.69 Å². The first-order chi connectivity index (χ1) is 5.85. The first-order valence-electron chi connectivity index (χ1n) is 3.08. The Kier molecular flexibility index (Phi) is 6.78. The van der Waals surface area contributed by atoms with Gasteiger partial charge in [0, 0.05) is 0 Å². The van der Waals surface area contributed by atoms with Crippen LogP contribution in [0.1, 0.15) is 0 Å². The van der Waals surface area contributed by atoms with Crippen LogP contribution in [0.4, 0.5) is 5.69 Å². The molecule has 0 bridgehead atoms. The van der Waals surface area contributed by atoms with Gasteiger partial charge in [0.2, 0.25) is 6.08 Å². The third-order valence-electron chi connectivity index (χ3n) is 0.931. The van der Waals surface area contributed by atoms with Crippen LogP contribution in [0.2, 0.25) is 0 Å². The summed E-state index contributed by atoms with van der Waals surface area (Å²) in [6.07, 6.45) is 1.46. The Morgan fingerprint density at radius 2 is 1.75 bits per heavy atom. The van der Waals surface area contributed by atoms with Crippen molar-refractivity contribution in [2.24, 2.45) is 4.99 Å². The maximum absolute atomic E-state index is 9.68. The zero-order chi connectivity index (χ0) is 9.23. The van der Waals surface area contributed by atoms with Crippen LogP contribution < -0.4 is 0 Å². The van der Waals surface area contributed by atoms with Crippen molar-refractivity contribution in [2.45, 2.75) is 0 Å². The minimum absolute atomic E-state index is 0. The zero-order valence-electron chi connectivity index (χ0n) is 6.21. The predicted octanol–water partition coefficient (Wildman–Crippen LogP) is 0.159. The fraction of sp³-hybridized carbons (Fsp3) is 0. The van der Waals surface area contributed by atoms with E-state index in [4.69, 9.17) is 10.0 Å². The summed E-state index contributed by atoms with van der Waals surface area (Å²) in [7, 11) is 0. The van der Waals surface area contributed by atoms with Crippen molar-refractivity contribution in [3.8, 4) is 0 Å². The van der Waals surface area contributed by atoms with Crippen LogP contribution in [0.3, 0.4) is 0 Å². The molecule has 0 amide bonds. The van der Waals surface area contributed by atoms with Crippen LogP contribution in [0.25, 0.3) is 0 Å². The van der Waals surface area contributed by atoms with Gasteiger partial charge in [-0.25, -0.2) is 4.79 Å². The Labute approximate surface area is 70.5 Å². The molecule has 61 valence electrons. The van der Waals surface area contributed by atoms with Gasteiger partial charge in [0.1, 0.15) is 0 Å². The number of aliphatic imine (C=N–C) groups is 1. The number of hydrogen-bond acceptors (Lipinski definition) is 4. The van der Waals surface area contributed by atoms with E-state index >= 15 is 0 Å². The van der Waals surface area contributed by atoms with Crippen LogP contribution >= 0.6 is 0 Å². The van der Waals surface area contributed by atoms with Gasteiger partial charge >= 0.3 is 7.69 Å². The third-order valence-corrected chi connectivity index (χ3v) is 0.931.